The van der Waals surface area contributed by atoms with Crippen molar-refractivity contribution in [2.75, 3.05) is 25.2 Å². The van der Waals surface area contributed by atoms with Crippen LogP contribution in [0.5, 0.6) is 17.2 Å². The number of carbonyl (C=O) groups is 3. The summed E-state index contributed by atoms with van der Waals surface area (Å²) in [6, 6.07) is 16.5. The third-order valence-electron chi connectivity index (χ3n) is 5.52. The van der Waals surface area contributed by atoms with E-state index < -0.39 is 22.8 Å². The fraction of sp³-hybridized carbons (Fsp3) is 0.148. The number of nitrogens with one attached hydrogen (secondary N) is 1. The highest BCUT2D eigenvalue weighted by Crippen LogP contribution is 2.30. The average molecular weight is 517 g/mol. The van der Waals surface area contributed by atoms with E-state index in [-0.39, 0.29) is 24.5 Å². The van der Waals surface area contributed by atoms with Gasteiger partial charge in [-0.15, -0.1) is 0 Å². The molecule has 0 bridgehead atoms. The van der Waals surface area contributed by atoms with Gasteiger partial charge in [0, 0.05) is 12.1 Å². The van der Waals surface area contributed by atoms with Gasteiger partial charge in [0.15, 0.2) is 11.5 Å². The largest absolute Gasteiger partial charge is 0.493 e. The summed E-state index contributed by atoms with van der Waals surface area (Å²) < 4.78 is 16.6. The van der Waals surface area contributed by atoms with Gasteiger partial charge in [0.25, 0.3) is 17.5 Å². The predicted octanol–water partition coefficient (Wildman–Crippen LogP) is 4.04. The number of imide groups is 2. The zero-order chi connectivity index (χ0) is 27.2. The number of nitro groups is 1. The number of nitro benzene ring substituents is 1. The summed E-state index contributed by atoms with van der Waals surface area (Å²) in [5.41, 5.74) is 1.44. The van der Waals surface area contributed by atoms with E-state index in [4.69, 9.17) is 14.2 Å². The number of urea groups is 1. The van der Waals surface area contributed by atoms with Crippen molar-refractivity contribution in [3.05, 3.63) is 93.5 Å². The van der Waals surface area contributed by atoms with Gasteiger partial charge in [-0.1, -0.05) is 18.2 Å². The van der Waals surface area contributed by atoms with E-state index in [1.807, 2.05) is 13.0 Å². The summed E-state index contributed by atoms with van der Waals surface area (Å²) in [6.45, 7) is 2.15. The minimum absolute atomic E-state index is 0.0322. The molecule has 11 heteroatoms. The molecule has 38 heavy (non-hydrogen) atoms. The van der Waals surface area contributed by atoms with Crippen molar-refractivity contribution in [3.63, 3.8) is 0 Å². The average Bonchev–Trinajstić information content (AvgIpc) is 2.89. The summed E-state index contributed by atoms with van der Waals surface area (Å²) >= 11 is 0. The lowest BCUT2D eigenvalue weighted by molar-refractivity contribution is -0.384. The molecule has 1 N–H and O–H groups in total. The fourth-order valence-corrected chi connectivity index (χ4v) is 3.69. The summed E-state index contributed by atoms with van der Waals surface area (Å²) in [5, 5.41) is 12.9. The maximum Gasteiger partial charge on any atom is 0.335 e. The first-order valence-electron chi connectivity index (χ1n) is 11.4. The summed E-state index contributed by atoms with van der Waals surface area (Å²) in [7, 11) is 1.45. The van der Waals surface area contributed by atoms with E-state index in [0.29, 0.717) is 28.5 Å². The number of rotatable bonds is 9. The summed E-state index contributed by atoms with van der Waals surface area (Å²) in [6.07, 6.45) is 1.37. The Hall–Kier alpha value is -5.19. The lowest BCUT2D eigenvalue weighted by atomic mass is 10.1. The lowest BCUT2D eigenvalue weighted by Gasteiger charge is -2.26. The molecule has 1 aliphatic rings. The molecule has 3 aromatic carbocycles. The minimum Gasteiger partial charge on any atom is -0.493 e. The monoisotopic (exact) mass is 517 g/mol. The molecule has 0 saturated carbocycles. The molecule has 1 aliphatic heterocycles. The number of carbonyl (C=O) groups excluding carboxylic acids is 3. The molecule has 0 unspecified atom stereocenters. The van der Waals surface area contributed by atoms with Gasteiger partial charge in [-0.3, -0.25) is 25.0 Å². The molecule has 4 rings (SSSR count). The Morgan fingerprint density at radius 3 is 2.37 bits per heavy atom. The Morgan fingerprint density at radius 2 is 1.68 bits per heavy atom. The number of methoxy groups -OCH3 is 1. The Bertz CT molecular complexity index is 1430. The van der Waals surface area contributed by atoms with E-state index in [1.54, 1.807) is 36.4 Å². The van der Waals surface area contributed by atoms with Gasteiger partial charge >= 0.3 is 6.03 Å². The first-order valence-corrected chi connectivity index (χ1v) is 11.4. The first-order chi connectivity index (χ1) is 18.3. The molecule has 0 atom stereocenters. The van der Waals surface area contributed by atoms with Gasteiger partial charge in [0.2, 0.25) is 0 Å². The van der Waals surface area contributed by atoms with Crippen molar-refractivity contribution in [1.82, 2.24) is 5.32 Å². The van der Waals surface area contributed by atoms with Crippen molar-refractivity contribution in [1.29, 1.82) is 0 Å². The molecule has 0 spiro atoms. The molecule has 3 aromatic rings. The van der Waals surface area contributed by atoms with Gasteiger partial charge in [-0.25, -0.2) is 9.69 Å². The molecule has 1 saturated heterocycles. The molecule has 1 heterocycles. The van der Waals surface area contributed by atoms with Crippen LogP contribution in [0.15, 0.2) is 72.3 Å². The van der Waals surface area contributed by atoms with Gasteiger partial charge in [-0.2, -0.15) is 0 Å². The van der Waals surface area contributed by atoms with Crippen LogP contribution >= 0.6 is 0 Å². The van der Waals surface area contributed by atoms with Crippen molar-refractivity contribution in [2.24, 2.45) is 0 Å². The molecular formula is C27H23N3O8. The highest BCUT2D eigenvalue weighted by atomic mass is 16.6. The fourth-order valence-electron chi connectivity index (χ4n) is 3.69. The number of non-ortho nitro benzene ring substituents is 1. The summed E-state index contributed by atoms with van der Waals surface area (Å²) in [4.78, 5) is 49.1. The second kappa shape index (κ2) is 11.2. The molecule has 4 amide bonds. The number of ether oxygens (including phenoxy) is 3. The van der Waals surface area contributed by atoms with Crippen LogP contribution in [0, 0.1) is 17.0 Å². The second-order valence-corrected chi connectivity index (χ2v) is 8.16. The van der Waals surface area contributed by atoms with E-state index in [0.717, 1.165) is 10.5 Å². The standard InChI is InChI=1S/C27H23N3O8/c1-17-4-3-5-20(14-17)29-26(32)22(25(31)28-27(29)33)15-18-6-11-23(24(16-18)36-2)38-13-12-37-21-9-7-19(8-10-21)30(34)35/h3-11,14-16H,12-13H2,1-2H3,(H,28,31,33)/b22-15+. The number of nitrogens with zero attached hydrogens (tertiary/aromatic N) is 2. The number of hydrogen-bond donors (Lipinski definition) is 1. The minimum atomic E-state index is -0.819. The quantitative estimate of drug-likeness (QED) is 0.148. The normalized spacial score (nSPS) is 14.3. The predicted molar refractivity (Wildman–Crippen MR) is 137 cm³/mol. The van der Waals surface area contributed by atoms with Gasteiger partial charge in [-0.05, 0) is 60.5 Å². The number of hydrogen-bond acceptors (Lipinski definition) is 8. The van der Waals surface area contributed by atoms with E-state index >= 15 is 0 Å². The van der Waals surface area contributed by atoms with Gasteiger partial charge in [0.05, 0.1) is 17.7 Å². The highest BCUT2D eigenvalue weighted by Gasteiger charge is 2.36. The van der Waals surface area contributed by atoms with Crippen LogP contribution in [0.2, 0.25) is 0 Å². The Balaban J connectivity index is 1.45. The molecule has 0 aromatic heterocycles. The molecule has 11 nitrogen and oxygen atoms in total. The van der Waals surface area contributed by atoms with Crippen LogP contribution in [0.4, 0.5) is 16.2 Å². The first kappa shape index (κ1) is 25.9. The van der Waals surface area contributed by atoms with E-state index in [2.05, 4.69) is 5.32 Å². The Morgan fingerprint density at radius 1 is 0.947 bits per heavy atom. The molecular weight excluding hydrogens is 494 g/mol. The topological polar surface area (TPSA) is 137 Å². The Kier molecular flexibility index (Phi) is 7.66. The molecule has 194 valence electrons. The van der Waals surface area contributed by atoms with Crippen molar-refractivity contribution < 1.29 is 33.5 Å². The van der Waals surface area contributed by atoms with E-state index in [1.165, 1.54) is 37.5 Å². The van der Waals surface area contributed by atoms with Crippen molar-refractivity contribution in [3.8, 4) is 17.2 Å². The Labute approximate surface area is 217 Å². The van der Waals surface area contributed by atoms with Crippen LogP contribution in [0.25, 0.3) is 6.08 Å². The van der Waals surface area contributed by atoms with Crippen LogP contribution in [0.1, 0.15) is 11.1 Å². The maximum absolute atomic E-state index is 13.1. The molecule has 0 aliphatic carbocycles. The van der Waals surface area contributed by atoms with Crippen LogP contribution < -0.4 is 24.4 Å². The van der Waals surface area contributed by atoms with Gasteiger partial charge < -0.3 is 14.2 Å². The number of anilines is 1. The van der Waals surface area contributed by atoms with Gasteiger partial charge in [0.1, 0.15) is 24.5 Å². The van der Waals surface area contributed by atoms with Crippen LogP contribution in [-0.4, -0.2) is 43.1 Å². The number of amides is 4. The third-order valence-corrected chi connectivity index (χ3v) is 5.52. The highest BCUT2D eigenvalue weighted by molar-refractivity contribution is 6.39. The zero-order valence-corrected chi connectivity index (χ0v) is 20.5. The van der Waals surface area contributed by atoms with E-state index in [9.17, 15) is 24.5 Å². The molecule has 1 fully saturated rings. The second-order valence-electron chi connectivity index (χ2n) is 8.16. The van der Waals surface area contributed by atoms with Crippen molar-refractivity contribution >= 4 is 35.3 Å². The lowest BCUT2D eigenvalue weighted by Crippen LogP contribution is -2.54. The number of barbiturate groups is 1. The summed E-state index contributed by atoms with van der Waals surface area (Å²) in [5.74, 6) is -0.330. The van der Waals surface area contributed by atoms with Crippen molar-refractivity contribution in [2.45, 2.75) is 6.92 Å². The molecule has 0 radical (unpaired) electrons. The smallest absolute Gasteiger partial charge is 0.335 e. The number of aryl methyl sites for hydroxylation is 1. The number of benzene rings is 3. The maximum atomic E-state index is 13.1. The zero-order valence-electron chi connectivity index (χ0n) is 20.5. The SMILES string of the molecule is COc1cc(/C=C2\C(=O)NC(=O)N(c3cccc(C)c3)C2=O)ccc1OCCOc1ccc([N+](=O)[O-])cc1. The van der Waals surface area contributed by atoms with Crippen LogP contribution in [0.3, 0.4) is 0 Å². The third kappa shape index (κ3) is 5.78. The van der Waals surface area contributed by atoms with Crippen LogP contribution in [-0.2, 0) is 9.59 Å².